The summed E-state index contributed by atoms with van der Waals surface area (Å²) in [5, 5.41) is 0.628. The van der Waals surface area contributed by atoms with Crippen LogP contribution in [0.5, 0.6) is 0 Å². The number of hydrogen-bond acceptors (Lipinski definition) is 4. The molecule has 1 aliphatic heterocycles. The van der Waals surface area contributed by atoms with Crippen LogP contribution in [0.25, 0.3) is 0 Å². The van der Waals surface area contributed by atoms with E-state index in [0.717, 1.165) is 6.42 Å². The van der Waals surface area contributed by atoms with Crippen molar-refractivity contribution < 1.29 is 19.2 Å². The molecule has 2 unspecified atom stereocenters. The van der Waals surface area contributed by atoms with Gasteiger partial charge in [0.15, 0.2) is 0 Å². The lowest BCUT2D eigenvalue weighted by Crippen LogP contribution is -2.33. The van der Waals surface area contributed by atoms with Crippen LogP contribution in [0.4, 0.5) is 0 Å². The molecule has 0 bridgehead atoms. The number of fused-ring (bicyclic) bond motifs is 1. The number of amides is 2. The number of carbonyl (C=O) groups excluding carboxylic acids is 3. The first-order chi connectivity index (χ1) is 11.2. The van der Waals surface area contributed by atoms with Gasteiger partial charge < -0.3 is 4.84 Å². The maximum atomic E-state index is 12.3. The van der Waals surface area contributed by atoms with Gasteiger partial charge in [0, 0.05) is 0 Å². The molecule has 2 atom stereocenters. The van der Waals surface area contributed by atoms with Crippen molar-refractivity contribution in [2.75, 3.05) is 0 Å². The number of rotatable bonds is 3. The molecule has 4 rings (SSSR count). The molecule has 23 heavy (non-hydrogen) atoms. The van der Waals surface area contributed by atoms with E-state index < -0.39 is 17.8 Å². The summed E-state index contributed by atoms with van der Waals surface area (Å²) in [7, 11) is 0. The lowest BCUT2D eigenvalue weighted by molar-refractivity contribution is -0.170. The lowest BCUT2D eigenvalue weighted by Gasteiger charge is -2.21. The van der Waals surface area contributed by atoms with Gasteiger partial charge in [0.25, 0.3) is 11.8 Å². The number of hydroxylamine groups is 2. The molecule has 5 heteroatoms. The van der Waals surface area contributed by atoms with Crippen LogP contribution in [0.3, 0.4) is 0 Å². The average molecular weight is 313 g/mol. The fraction of sp³-hybridized carbons (Fsp3) is 0.500. The van der Waals surface area contributed by atoms with Gasteiger partial charge in [-0.1, -0.05) is 49.3 Å². The third kappa shape index (κ3) is 2.44. The fourth-order valence-corrected chi connectivity index (χ4v) is 3.98. The number of benzene rings is 1. The minimum atomic E-state index is -0.547. The van der Waals surface area contributed by atoms with Crippen LogP contribution in [0.15, 0.2) is 24.3 Å². The Morgan fingerprint density at radius 2 is 1.61 bits per heavy atom. The van der Waals surface area contributed by atoms with Crippen molar-refractivity contribution in [2.24, 2.45) is 17.8 Å². The summed E-state index contributed by atoms with van der Waals surface area (Å²) in [5.74, 6) is -0.707. The molecular formula is C18H19NO4. The summed E-state index contributed by atoms with van der Waals surface area (Å²) >= 11 is 0. The molecule has 2 saturated carbocycles. The van der Waals surface area contributed by atoms with Crippen LogP contribution in [-0.2, 0) is 9.63 Å². The zero-order valence-corrected chi connectivity index (χ0v) is 12.9. The van der Waals surface area contributed by atoms with Gasteiger partial charge in [0.2, 0.25) is 0 Å². The van der Waals surface area contributed by atoms with Crippen molar-refractivity contribution in [1.29, 1.82) is 0 Å². The van der Waals surface area contributed by atoms with E-state index in [1.807, 2.05) is 0 Å². The summed E-state index contributed by atoms with van der Waals surface area (Å²) in [6, 6.07) is 6.53. The van der Waals surface area contributed by atoms with Crippen LogP contribution in [-0.4, -0.2) is 22.8 Å². The molecule has 0 spiro atoms. The summed E-state index contributed by atoms with van der Waals surface area (Å²) in [6.45, 7) is 0. The minimum Gasteiger partial charge on any atom is -0.329 e. The number of hydrogen-bond donors (Lipinski definition) is 0. The summed E-state index contributed by atoms with van der Waals surface area (Å²) in [4.78, 5) is 41.8. The van der Waals surface area contributed by atoms with Crippen LogP contribution in [0, 0.1) is 17.8 Å². The van der Waals surface area contributed by atoms with E-state index in [-0.39, 0.29) is 5.92 Å². The van der Waals surface area contributed by atoms with Crippen LogP contribution >= 0.6 is 0 Å². The van der Waals surface area contributed by atoms with Crippen molar-refractivity contribution >= 4 is 17.8 Å². The van der Waals surface area contributed by atoms with Crippen molar-refractivity contribution in [1.82, 2.24) is 5.06 Å². The summed E-state index contributed by atoms with van der Waals surface area (Å²) in [6.07, 6.45) is 6.95. The first-order valence-corrected chi connectivity index (χ1v) is 8.36. The standard InChI is InChI=1S/C18H19NO4/c20-16-12-8-4-5-9-13(12)17(21)19(16)23-18(22)15-10-14(15)11-6-2-1-3-7-11/h4-5,8-9,11,14-15H,1-3,6-7,10H2. The minimum absolute atomic E-state index is 0.151. The predicted molar refractivity (Wildman–Crippen MR) is 81.2 cm³/mol. The van der Waals surface area contributed by atoms with Crippen molar-refractivity contribution in [3.8, 4) is 0 Å². The van der Waals surface area contributed by atoms with Crippen LogP contribution in [0.2, 0.25) is 0 Å². The van der Waals surface area contributed by atoms with Gasteiger partial charge in [-0.05, 0) is 30.4 Å². The maximum Gasteiger partial charge on any atom is 0.336 e. The quantitative estimate of drug-likeness (QED) is 0.805. The molecule has 1 aromatic rings. The molecule has 2 fully saturated rings. The number of imide groups is 1. The second kappa shape index (κ2) is 5.48. The van der Waals surface area contributed by atoms with Gasteiger partial charge in [-0.15, -0.1) is 0 Å². The average Bonchev–Trinajstić information content (AvgIpc) is 3.36. The Morgan fingerprint density at radius 3 is 2.22 bits per heavy atom. The van der Waals surface area contributed by atoms with Gasteiger partial charge in [-0.2, -0.15) is 0 Å². The van der Waals surface area contributed by atoms with Crippen molar-refractivity contribution in [2.45, 2.75) is 38.5 Å². The van der Waals surface area contributed by atoms with Crippen molar-refractivity contribution in [3.05, 3.63) is 35.4 Å². The first-order valence-electron chi connectivity index (χ1n) is 8.36. The Morgan fingerprint density at radius 1 is 1.00 bits per heavy atom. The van der Waals surface area contributed by atoms with Crippen molar-refractivity contribution in [3.63, 3.8) is 0 Å². The predicted octanol–water partition coefficient (Wildman–Crippen LogP) is 2.96. The molecule has 0 saturated heterocycles. The largest absolute Gasteiger partial charge is 0.336 e. The molecule has 5 nitrogen and oxygen atoms in total. The SMILES string of the molecule is O=C(ON1C(=O)c2ccccc2C1=O)C1CC1C1CCCCC1. The highest BCUT2D eigenvalue weighted by atomic mass is 16.7. The molecule has 2 aliphatic carbocycles. The second-order valence-corrected chi connectivity index (χ2v) is 6.76. The van der Waals surface area contributed by atoms with E-state index in [0.29, 0.717) is 28.0 Å². The van der Waals surface area contributed by atoms with E-state index in [1.165, 1.54) is 32.1 Å². The zero-order valence-electron chi connectivity index (χ0n) is 12.9. The van der Waals surface area contributed by atoms with E-state index >= 15 is 0 Å². The zero-order chi connectivity index (χ0) is 16.0. The van der Waals surface area contributed by atoms with E-state index in [2.05, 4.69) is 0 Å². The first kappa shape index (κ1) is 14.4. The van der Waals surface area contributed by atoms with Gasteiger partial charge in [-0.3, -0.25) is 9.59 Å². The van der Waals surface area contributed by atoms with Gasteiger partial charge >= 0.3 is 5.97 Å². The van der Waals surface area contributed by atoms with Gasteiger partial charge in [-0.25, -0.2) is 4.79 Å². The molecule has 3 aliphatic rings. The Bertz CT molecular complexity index is 642. The lowest BCUT2D eigenvalue weighted by atomic mass is 9.85. The molecule has 1 heterocycles. The van der Waals surface area contributed by atoms with E-state index in [1.54, 1.807) is 24.3 Å². The highest BCUT2D eigenvalue weighted by molar-refractivity contribution is 6.20. The molecule has 2 amide bonds. The third-order valence-corrected chi connectivity index (χ3v) is 5.34. The number of nitrogens with zero attached hydrogens (tertiary/aromatic N) is 1. The van der Waals surface area contributed by atoms with Gasteiger partial charge in [0.05, 0.1) is 17.0 Å². The van der Waals surface area contributed by atoms with Gasteiger partial charge in [0.1, 0.15) is 0 Å². The highest BCUT2D eigenvalue weighted by Gasteiger charge is 2.50. The van der Waals surface area contributed by atoms with E-state index in [4.69, 9.17) is 4.84 Å². The Balaban J connectivity index is 1.41. The number of carbonyl (C=O) groups is 3. The molecule has 1 aromatic carbocycles. The molecular weight excluding hydrogens is 294 g/mol. The second-order valence-electron chi connectivity index (χ2n) is 6.76. The third-order valence-electron chi connectivity index (χ3n) is 5.34. The molecule has 0 N–H and O–H groups in total. The molecule has 120 valence electrons. The van der Waals surface area contributed by atoms with Crippen LogP contribution < -0.4 is 0 Å². The van der Waals surface area contributed by atoms with Crippen LogP contribution in [0.1, 0.15) is 59.2 Å². The topological polar surface area (TPSA) is 63.7 Å². The smallest absolute Gasteiger partial charge is 0.329 e. The highest BCUT2D eigenvalue weighted by Crippen LogP contribution is 2.50. The summed E-state index contributed by atoms with van der Waals surface area (Å²) < 4.78 is 0. The maximum absolute atomic E-state index is 12.3. The normalized spacial score (nSPS) is 27.0. The Kier molecular flexibility index (Phi) is 3.43. The monoisotopic (exact) mass is 313 g/mol. The fourth-order valence-electron chi connectivity index (χ4n) is 3.98. The Labute approximate surface area is 134 Å². The Hall–Kier alpha value is -2.17. The molecule has 0 radical (unpaired) electrons. The molecule has 0 aromatic heterocycles. The van der Waals surface area contributed by atoms with E-state index in [9.17, 15) is 14.4 Å². The summed E-state index contributed by atoms with van der Waals surface area (Å²) in [5.41, 5.74) is 0.592.